The van der Waals surface area contributed by atoms with Gasteiger partial charge in [-0.3, -0.25) is 0 Å². The molecular formula is C18H28N2O2. The highest BCUT2D eigenvalue weighted by atomic mass is 16.6. The van der Waals surface area contributed by atoms with E-state index < -0.39 is 5.60 Å². The van der Waals surface area contributed by atoms with E-state index in [1.807, 2.05) is 20.8 Å². The van der Waals surface area contributed by atoms with Gasteiger partial charge in [0.05, 0.1) is 0 Å². The van der Waals surface area contributed by atoms with Gasteiger partial charge in [0, 0.05) is 25.0 Å². The smallest absolute Gasteiger partial charge is 0.410 e. The zero-order valence-corrected chi connectivity index (χ0v) is 14.1. The quantitative estimate of drug-likeness (QED) is 0.912. The van der Waals surface area contributed by atoms with Crippen LogP contribution in [-0.4, -0.2) is 35.7 Å². The lowest BCUT2D eigenvalue weighted by molar-refractivity contribution is 0.0186. The molecule has 0 saturated carbocycles. The number of hydrogen-bond donors (Lipinski definition) is 1. The summed E-state index contributed by atoms with van der Waals surface area (Å²) in [6.45, 7) is 9.05. The maximum atomic E-state index is 12.1. The van der Waals surface area contributed by atoms with Crippen LogP contribution in [0.5, 0.6) is 0 Å². The molecule has 4 nitrogen and oxygen atoms in total. The van der Waals surface area contributed by atoms with Crippen molar-refractivity contribution in [1.29, 1.82) is 0 Å². The molecule has 0 unspecified atom stereocenters. The molecule has 1 aromatic rings. The highest BCUT2D eigenvalue weighted by Crippen LogP contribution is 2.28. The first-order valence-electron chi connectivity index (χ1n) is 8.12. The SMILES string of the molecule is CCc1ccc([C@@H]2CCN(C(=O)OC(C)(C)C)C[C@H]2N)cc1. The predicted molar refractivity (Wildman–Crippen MR) is 89.0 cm³/mol. The summed E-state index contributed by atoms with van der Waals surface area (Å²) in [5.74, 6) is 0.310. The van der Waals surface area contributed by atoms with E-state index >= 15 is 0 Å². The van der Waals surface area contributed by atoms with E-state index in [1.54, 1.807) is 4.90 Å². The van der Waals surface area contributed by atoms with Crippen LogP contribution in [0.2, 0.25) is 0 Å². The van der Waals surface area contributed by atoms with Gasteiger partial charge in [0.25, 0.3) is 0 Å². The van der Waals surface area contributed by atoms with E-state index in [9.17, 15) is 4.79 Å². The lowest BCUT2D eigenvalue weighted by Gasteiger charge is -2.37. The number of piperidine rings is 1. The molecule has 22 heavy (non-hydrogen) atoms. The van der Waals surface area contributed by atoms with Crippen LogP contribution in [0.25, 0.3) is 0 Å². The molecule has 2 rings (SSSR count). The minimum Gasteiger partial charge on any atom is -0.444 e. The molecule has 1 fully saturated rings. The fraction of sp³-hybridized carbons (Fsp3) is 0.611. The fourth-order valence-corrected chi connectivity index (χ4v) is 2.89. The molecule has 1 saturated heterocycles. The first kappa shape index (κ1) is 16.8. The van der Waals surface area contributed by atoms with Crippen LogP contribution in [0.4, 0.5) is 4.79 Å². The number of ether oxygens (including phenoxy) is 1. The van der Waals surface area contributed by atoms with Gasteiger partial charge in [0.15, 0.2) is 0 Å². The Hall–Kier alpha value is -1.55. The predicted octanol–water partition coefficient (Wildman–Crippen LogP) is 3.30. The van der Waals surface area contributed by atoms with Crippen molar-refractivity contribution in [3.63, 3.8) is 0 Å². The number of aryl methyl sites for hydroxylation is 1. The van der Waals surface area contributed by atoms with E-state index in [1.165, 1.54) is 11.1 Å². The summed E-state index contributed by atoms with van der Waals surface area (Å²) in [7, 11) is 0. The second kappa shape index (κ2) is 6.69. The number of benzene rings is 1. The van der Waals surface area contributed by atoms with Gasteiger partial charge in [-0.25, -0.2) is 4.79 Å². The molecule has 1 heterocycles. The van der Waals surface area contributed by atoms with Crippen molar-refractivity contribution < 1.29 is 9.53 Å². The van der Waals surface area contributed by atoms with Crippen LogP contribution < -0.4 is 5.73 Å². The maximum absolute atomic E-state index is 12.1. The molecule has 1 aromatic carbocycles. The minimum absolute atomic E-state index is 0.0475. The van der Waals surface area contributed by atoms with Crippen LogP contribution in [0, 0.1) is 0 Å². The van der Waals surface area contributed by atoms with E-state index in [2.05, 4.69) is 31.2 Å². The summed E-state index contributed by atoms with van der Waals surface area (Å²) < 4.78 is 5.43. The molecule has 4 heteroatoms. The van der Waals surface area contributed by atoms with E-state index in [-0.39, 0.29) is 12.1 Å². The molecule has 1 amide bonds. The van der Waals surface area contributed by atoms with Crippen molar-refractivity contribution in [2.45, 2.75) is 58.1 Å². The highest BCUT2D eigenvalue weighted by molar-refractivity contribution is 5.68. The van der Waals surface area contributed by atoms with Gasteiger partial charge in [-0.2, -0.15) is 0 Å². The molecule has 1 aliphatic heterocycles. The Balaban J connectivity index is 1.98. The average molecular weight is 304 g/mol. The summed E-state index contributed by atoms with van der Waals surface area (Å²) in [4.78, 5) is 13.9. The van der Waals surface area contributed by atoms with Crippen LogP contribution in [-0.2, 0) is 11.2 Å². The monoisotopic (exact) mass is 304 g/mol. The zero-order valence-electron chi connectivity index (χ0n) is 14.1. The largest absolute Gasteiger partial charge is 0.444 e. The third-order valence-electron chi connectivity index (χ3n) is 4.13. The Morgan fingerprint density at radius 2 is 1.95 bits per heavy atom. The van der Waals surface area contributed by atoms with E-state index in [4.69, 9.17) is 10.5 Å². The normalized spacial score (nSPS) is 22.5. The number of rotatable bonds is 2. The zero-order chi connectivity index (χ0) is 16.3. The van der Waals surface area contributed by atoms with Gasteiger partial charge in [0.1, 0.15) is 5.60 Å². The highest BCUT2D eigenvalue weighted by Gasteiger charge is 2.32. The maximum Gasteiger partial charge on any atom is 0.410 e. The summed E-state index contributed by atoms with van der Waals surface area (Å²) in [6.07, 6.45) is 1.66. The van der Waals surface area contributed by atoms with Crippen LogP contribution in [0.1, 0.15) is 51.2 Å². The van der Waals surface area contributed by atoms with Gasteiger partial charge in [-0.15, -0.1) is 0 Å². The lowest BCUT2D eigenvalue weighted by atomic mass is 9.85. The van der Waals surface area contributed by atoms with Gasteiger partial charge < -0.3 is 15.4 Å². The summed E-state index contributed by atoms with van der Waals surface area (Å²) in [5.41, 5.74) is 8.47. The van der Waals surface area contributed by atoms with Gasteiger partial charge in [0.2, 0.25) is 0 Å². The number of carbonyl (C=O) groups is 1. The van der Waals surface area contributed by atoms with Crippen molar-refractivity contribution in [2.75, 3.05) is 13.1 Å². The first-order chi connectivity index (χ1) is 10.3. The number of nitrogens with two attached hydrogens (primary N) is 1. The van der Waals surface area contributed by atoms with Crippen molar-refractivity contribution in [3.8, 4) is 0 Å². The average Bonchev–Trinajstić information content (AvgIpc) is 2.45. The molecular weight excluding hydrogens is 276 g/mol. The summed E-state index contributed by atoms with van der Waals surface area (Å²) >= 11 is 0. The number of amides is 1. The molecule has 1 aliphatic rings. The molecule has 122 valence electrons. The number of hydrogen-bond acceptors (Lipinski definition) is 3. The van der Waals surface area contributed by atoms with Crippen molar-refractivity contribution in [1.82, 2.24) is 4.90 Å². The summed E-state index contributed by atoms with van der Waals surface area (Å²) in [6, 6.07) is 8.64. The second-order valence-corrected chi connectivity index (χ2v) is 7.08. The minimum atomic E-state index is -0.464. The van der Waals surface area contributed by atoms with Crippen LogP contribution in [0.15, 0.2) is 24.3 Å². The molecule has 0 spiro atoms. The number of carbonyl (C=O) groups excluding carboxylic acids is 1. The Labute approximate surface area is 133 Å². The summed E-state index contributed by atoms with van der Waals surface area (Å²) in [5, 5.41) is 0. The van der Waals surface area contributed by atoms with Crippen molar-refractivity contribution >= 4 is 6.09 Å². The number of nitrogens with zero attached hydrogens (tertiary/aromatic N) is 1. The van der Waals surface area contributed by atoms with E-state index in [0.717, 1.165) is 12.8 Å². The Kier molecular flexibility index (Phi) is 5.12. The molecule has 0 aliphatic carbocycles. The van der Waals surface area contributed by atoms with Gasteiger partial charge in [-0.05, 0) is 44.7 Å². The second-order valence-electron chi connectivity index (χ2n) is 7.08. The third kappa shape index (κ3) is 4.23. The topological polar surface area (TPSA) is 55.6 Å². The molecule has 0 bridgehead atoms. The number of likely N-dealkylation sites (tertiary alicyclic amines) is 1. The molecule has 0 aromatic heterocycles. The molecule has 2 N–H and O–H groups in total. The van der Waals surface area contributed by atoms with E-state index in [0.29, 0.717) is 19.0 Å². The third-order valence-corrected chi connectivity index (χ3v) is 4.13. The Bertz CT molecular complexity index is 505. The fourth-order valence-electron chi connectivity index (χ4n) is 2.89. The standard InChI is InChI=1S/C18H28N2O2/c1-5-13-6-8-14(9-7-13)15-10-11-20(12-16(15)19)17(21)22-18(2,3)4/h6-9,15-16H,5,10-12,19H2,1-4H3/t15-,16+/m0/s1. The molecule has 0 radical (unpaired) electrons. The molecule has 2 atom stereocenters. The Morgan fingerprint density at radius 3 is 2.45 bits per heavy atom. The van der Waals surface area contributed by atoms with Crippen LogP contribution >= 0.6 is 0 Å². The van der Waals surface area contributed by atoms with Crippen molar-refractivity contribution in [3.05, 3.63) is 35.4 Å². The van der Waals surface area contributed by atoms with Gasteiger partial charge in [-0.1, -0.05) is 31.2 Å². The Morgan fingerprint density at radius 1 is 1.32 bits per heavy atom. The van der Waals surface area contributed by atoms with Crippen molar-refractivity contribution in [2.24, 2.45) is 5.73 Å². The first-order valence-corrected chi connectivity index (χ1v) is 8.12. The van der Waals surface area contributed by atoms with Crippen LogP contribution in [0.3, 0.4) is 0 Å². The van der Waals surface area contributed by atoms with Gasteiger partial charge >= 0.3 is 6.09 Å². The lowest BCUT2D eigenvalue weighted by Crippen LogP contribution is -2.50.